The van der Waals surface area contributed by atoms with E-state index in [2.05, 4.69) is 5.32 Å². The summed E-state index contributed by atoms with van der Waals surface area (Å²) < 4.78 is 0. The Labute approximate surface area is 150 Å². The maximum Gasteiger partial charge on any atom is 0.263 e. The minimum Gasteiger partial charge on any atom is -0.352 e. The van der Waals surface area contributed by atoms with Crippen molar-refractivity contribution in [2.24, 2.45) is 0 Å². The van der Waals surface area contributed by atoms with Gasteiger partial charge in [-0.15, -0.1) is 0 Å². The topological polar surface area (TPSA) is 66.5 Å². The number of halogens is 1. The first-order valence-electron chi connectivity index (χ1n) is 7.95. The maximum absolute atomic E-state index is 12.4. The van der Waals surface area contributed by atoms with Crippen molar-refractivity contribution >= 4 is 29.3 Å². The summed E-state index contributed by atoms with van der Waals surface area (Å²) in [5.74, 6) is -1.07. The van der Waals surface area contributed by atoms with Gasteiger partial charge in [-0.2, -0.15) is 0 Å². The number of carbonyl (C=O) groups is 3. The summed E-state index contributed by atoms with van der Waals surface area (Å²) in [6.45, 7) is 2.42. The number of imide groups is 1. The number of hydrogen-bond acceptors (Lipinski definition) is 3. The number of nitrogens with one attached hydrogen (secondary N) is 1. The van der Waals surface area contributed by atoms with E-state index < -0.39 is 11.8 Å². The molecule has 0 saturated heterocycles. The lowest BCUT2D eigenvalue weighted by Crippen LogP contribution is -2.34. The first kappa shape index (κ1) is 17.2. The molecule has 1 aliphatic heterocycles. The lowest BCUT2D eigenvalue weighted by Gasteiger charge is -2.14. The van der Waals surface area contributed by atoms with Gasteiger partial charge in [-0.05, 0) is 30.2 Å². The van der Waals surface area contributed by atoms with Crippen LogP contribution in [0.3, 0.4) is 0 Å². The predicted octanol–water partition coefficient (Wildman–Crippen LogP) is 2.95. The first-order chi connectivity index (χ1) is 12.0. The fourth-order valence-electron chi connectivity index (χ4n) is 2.80. The largest absolute Gasteiger partial charge is 0.352 e. The summed E-state index contributed by atoms with van der Waals surface area (Å²) >= 11 is 6.01. The smallest absolute Gasteiger partial charge is 0.263 e. The Balaban J connectivity index is 1.58. The summed E-state index contributed by atoms with van der Waals surface area (Å²) in [6, 6.07) is 12.5. The predicted molar refractivity (Wildman–Crippen MR) is 94.5 cm³/mol. The summed E-state index contributed by atoms with van der Waals surface area (Å²) in [4.78, 5) is 37.8. The Hall–Kier alpha value is -2.66. The van der Waals surface area contributed by atoms with Crippen molar-refractivity contribution < 1.29 is 14.4 Å². The van der Waals surface area contributed by atoms with Crippen LogP contribution in [0.15, 0.2) is 42.5 Å². The molecule has 5 nitrogen and oxygen atoms in total. The fraction of sp³-hybridized carbons (Fsp3) is 0.211. The Kier molecular flexibility index (Phi) is 4.86. The quantitative estimate of drug-likeness (QED) is 0.837. The third-order valence-corrected chi connectivity index (χ3v) is 4.56. The number of hydrogen-bond donors (Lipinski definition) is 1. The second kappa shape index (κ2) is 7.07. The van der Waals surface area contributed by atoms with Crippen molar-refractivity contribution in [2.75, 3.05) is 6.54 Å². The zero-order chi connectivity index (χ0) is 18.0. The Morgan fingerprint density at radius 1 is 1.08 bits per heavy atom. The van der Waals surface area contributed by atoms with Gasteiger partial charge >= 0.3 is 0 Å². The highest BCUT2D eigenvalue weighted by Gasteiger charge is 2.36. The van der Waals surface area contributed by atoms with Crippen molar-refractivity contribution in [1.29, 1.82) is 0 Å². The first-order valence-corrected chi connectivity index (χ1v) is 8.32. The van der Waals surface area contributed by atoms with Gasteiger partial charge in [0.1, 0.15) is 0 Å². The molecule has 0 atom stereocenters. The molecule has 3 rings (SSSR count). The molecule has 0 spiro atoms. The van der Waals surface area contributed by atoms with Crippen LogP contribution in [0.5, 0.6) is 0 Å². The summed E-state index contributed by atoms with van der Waals surface area (Å²) in [5, 5.41) is 3.06. The molecule has 6 heteroatoms. The standard InChI is InChI=1S/C19H17ClN2O3/c1-12-5-2-3-6-13(12)11-21-16(23)9-10-22-18(24)14-7-4-8-15(20)17(14)19(22)25/h2-8H,9-11H2,1H3,(H,21,23). The van der Waals surface area contributed by atoms with Crippen LogP contribution in [-0.2, 0) is 11.3 Å². The van der Waals surface area contributed by atoms with Crippen LogP contribution in [0.1, 0.15) is 38.3 Å². The molecule has 3 amide bonds. The van der Waals surface area contributed by atoms with Crippen molar-refractivity contribution in [3.8, 4) is 0 Å². The highest BCUT2D eigenvalue weighted by Crippen LogP contribution is 2.29. The van der Waals surface area contributed by atoms with Crippen molar-refractivity contribution in [2.45, 2.75) is 19.9 Å². The van der Waals surface area contributed by atoms with E-state index >= 15 is 0 Å². The van der Waals surface area contributed by atoms with Crippen LogP contribution in [-0.4, -0.2) is 29.2 Å². The molecule has 0 unspecified atom stereocenters. The average Bonchev–Trinajstić information content (AvgIpc) is 2.84. The normalized spacial score (nSPS) is 13.1. The second-order valence-electron chi connectivity index (χ2n) is 5.88. The fourth-order valence-corrected chi connectivity index (χ4v) is 3.05. The minimum atomic E-state index is -0.447. The van der Waals surface area contributed by atoms with Crippen LogP contribution in [0, 0.1) is 6.92 Å². The molecule has 0 aromatic heterocycles. The molecule has 0 saturated carbocycles. The van der Waals surface area contributed by atoms with E-state index in [-0.39, 0.29) is 35.0 Å². The highest BCUT2D eigenvalue weighted by molar-refractivity contribution is 6.37. The number of benzene rings is 2. The van der Waals surface area contributed by atoms with Gasteiger partial charge in [-0.1, -0.05) is 41.9 Å². The number of carbonyl (C=O) groups excluding carboxylic acids is 3. The van der Waals surface area contributed by atoms with Crippen molar-refractivity contribution in [1.82, 2.24) is 10.2 Å². The van der Waals surface area contributed by atoms with Crippen LogP contribution < -0.4 is 5.32 Å². The number of fused-ring (bicyclic) bond motifs is 1. The van der Waals surface area contributed by atoms with Gasteiger partial charge in [0.15, 0.2) is 0 Å². The van der Waals surface area contributed by atoms with Gasteiger partial charge in [0, 0.05) is 19.5 Å². The molecule has 0 bridgehead atoms. The van der Waals surface area contributed by atoms with Gasteiger partial charge in [0.25, 0.3) is 11.8 Å². The van der Waals surface area contributed by atoms with E-state index in [1.807, 2.05) is 31.2 Å². The second-order valence-corrected chi connectivity index (χ2v) is 6.28. The molecule has 128 valence electrons. The number of rotatable bonds is 5. The molecule has 1 heterocycles. The summed E-state index contributed by atoms with van der Waals surface area (Å²) in [5.41, 5.74) is 2.63. The average molecular weight is 357 g/mol. The van der Waals surface area contributed by atoms with E-state index in [1.54, 1.807) is 18.2 Å². The van der Waals surface area contributed by atoms with Crippen molar-refractivity contribution in [3.63, 3.8) is 0 Å². The Morgan fingerprint density at radius 2 is 1.84 bits per heavy atom. The molecule has 1 aliphatic rings. The van der Waals surface area contributed by atoms with E-state index in [0.29, 0.717) is 6.54 Å². The van der Waals surface area contributed by atoms with E-state index in [9.17, 15) is 14.4 Å². The van der Waals surface area contributed by atoms with Crippen LogP contribution in [0.4, 0.5) is 0 Å². The molecular weight excluding hydrogens is 340 g/mol. The maximum atomic E-state index is 12.4. The van der Waals surface area contributed by atoms with Crippen LogP contribution >= 0.6 is 11.6 Å². The van der Waals surface area contributed by atoms with Gasteiger partial charge in [-0.25, -0.2) is 0 Å². The zero-order valence-corrected chi connectivity index (χ0v) is 14.5. The van der Waals surface area contributed by atoms with E-state index in [4.69, 9.17) is 11.6 Å². The van der Waals surface area contributed by atoms with Crippen molar-refractivity contribution in [3.05, 3.63) is 69.7 Å². The number of aryl methyl sites for hydroxylation is 1. The molecule has 0 fully saturated rings. The molecule has 25 heavy (non-hydrogen) atoms. The molecular formula is C19H17ClN2O3. The Bertz CT molecular complexity index is 863. The molecule has 1 N–H and O–H groups in total. The molecule has 0 aliphatic carbocycles. The van der Waals surface area contributed by atoms with Gasteiger partial charge in [0.2, 0.25) is 5.91 Å². The molecule has 0 radical (unpaired) electrons. The van der Waals surface area contributed by atoms with Gasteiger partial charge in [-0.3, -0.25) is 19.3 Å². The highest BCUT2D eigenvalue weighted by atomic mass is 35.5. The van der Waals surface area contributed by atoms with E-state index in [0.717, 1.165) is 16.0 Å². The minimum absolute atomic E-state index is 0.0300. The number of nitrogens with zero attached hydrogens (tertiary/aromatic N) is 1. The SMILES string of the molecule is Cc1ccccc1CNC(=O)CCN1C(=O)c2cccc(Cl)c2C1=O. The van der Waals surface area contributed by atoms with Gasteiger partial charge in [0.05, 0.1) is 16.1 Å². The lowest BCUT2D eigenvalue weighted by atomic mass is 10.1. The summed E-state index contributed by atoms with van der Waals surface area (Å²) in [6.07, 6.45) is 0.0506. The summed E-state index contributed by atoms with van der Waals surface area (Å²) in [7, 11) is 0. The molecule has 2 aromatic rings. The van der Waals surface area contributed by atoms with Crippen LogP contribution in [0.25, 0.3) is 0 Å². The lowest BCUT2D eigenvalue weighted by molar-refractivity contribution is -0.121. The monoisotopic (exact) mass is 356 g/mol. The Morgan fingerprint density at radius 3 is 2.56 bits per heavy atom. The molecule has 2 aromatic carbocycles. The van der Waals surface area contributed by atoms with Crippen LogP contribution in [0.2, 0.25) is 5.02 Å². The third-order valence-electron chi connectivity index (χ3n) is 4.25. The zero-order valence-electron chi connectivity index (χ0n) is 13.7. The van der Waals surface area contributed by atoms with Gasteiger partial charge < -0.3 is 5.32 Å². The number of amides is 3. The van der Waals surface area contributed by atoms with E-state index in [1.165, 1.54) is 0 Å². The third kappa shape index (κ3) is 3.42.